The molecule has 8 heteroatoms. The average Bonchev–Trinajstić information content (AvgIpc) is 3.42. The molecule has 0 N–H and O–H groups in total. The van der Waals surface area contributed by atoms with Crippen molar-refractivity contribution in [2.75, 3.05) is 20.3 Å². The van der Waals surface area contributed by atoms with E-state index in [1.807, 2.05) is 17.0 Å². The minimum absolute atomic E-state index is 0.00231. The van der Waals surface area contributed by atoms with Gasteiger partial charge in [0.2, 0.25) is 0 Å². The average molecular weight is 426 g/mol. The summed E-state index contributed by atoms with van der Waals surface area (Å²) in [6.07, 6.45) is 4.39. The summed E-state index contributed by atoms with van der Waals surface area (Å²) in [6, 6.07) is 7.27. The molecule has 0 radical (unpaired) electrons. The molecule has 1 fully saturated rings. The molecule has 1 aromatic carbocycles. The molecule has 0 spiro atoms. The third kappa shape index (κ3) is 3.30. The first kappa shape index (κ1) is 19.3. The van der Waals surface area contributed by atoms with E-state index in [9.17, 15) is 9.59 Å². The van der Waals surface area contributed by atoms with Gasteiger partial charge in [0.15, 0.2) is 0 Å². The fourth-order valence-corrected chi connectivity index (χ4v) is 5.52. The second kappa shape index (κ2) is 7.85. The molecule has 156 valence electrons. The molecule has 2 aliphatic rings. The lowest BCUT2D eigenvalue weighted by atomic mass is 10.0. The van der Waals surface area contributed by atoms with Crippen LogP contribution in [0.15, 0.2) is 35.4 Å². The van der Waals surface area contributed by atoms with Crippen LogP contribution in [-0.2, 0) is 24.2 Å². The number of ether oxygens (including phenoxy) is 2. The van der Waals surface area contributed by atoms with Crippen molar-refractivity contribution in [2.24, 2.45) is 0 Å². The molecule has 5 rings (SSSR count). The van der Waals surface area contributed by atoms with Gasteiger partial charge in [-0.15, -0.1) is 11.3 Å². The lowest BCUT2D eigenvalue weighted by Crippen LogP contribution is -2.36. The number of methoxy groups -OCH3 is 1. The van der Waals surface area contributed by atoms with E-state index in [2.05, 4.69) is 4.98 Å². The molecule has 1 amide bonds. The summed E-state index contributed by atoms with van der Waals surface area (Å²) in [5.41, 5.74) is 1.59. The number of thiophene rings is 1. The van der Waals surface area contributed by atoms with Gasteiger partial charge >= 0.3 is 0 Å². The van der Waals surface area contributed by atoms with Gasteiger partial charge in [-0.25, -0.2) is 4.98 Å². The van der Waals surface area contributed by atoms with Gasteiger partial charge in [-0.1, -0.05) is 12.1 Å². The topological polar surface area (TPSA) is 73.7 Å². The summed E-state index contributed by atoms with van der Waals surface area (Å²) in [4.78, 5) is 34.4. The van der Waals surface area contributed by atoms with Gasteiger partial charge < -0.3 is 14.4 Å². The summed E-state index contributed by atoms with van der Waals surface area (Å²) < 4.78 is 12.7. The minimum Gasteiger partial charge on any atom is -0.496 e. The molecule has 2 aromatic heterocycles. The number of carbonyl (C=O) groups is 1. The largest absolute Gasteiger partial charge is 0.496 e. The molecular formula is C22H23N3O4S. The zero-order valence-electron chi connectivity index (χ0n) is 16.8. The van der Waals surface area contributed by atoms with Crippen LogP contribution < -0.4 is 10.3 Å². The molecule has 7 nitrogen and oxygen atoms in total. The van der Waals surface area contributed by atoms with Crippen LogP contribution in [0.2, 0.25) is 0 Å². The summed E-state index contributed by atoms with van der Waals surface area (Å²) in [6.45, 7) is 2.36. The highest BCUT2D eigenvalue weighted by atomic mass is 32.1. The van der Waals surface area contributed by atoms with Gasteiger partial charge in [0.1, 0.15) is 10.6 Å². The molecule has 1 atom stereocenters. The van der Waals surface area contributed by atoms with Crippen LogP contribution in [-0.4, -0.2) is 46.7 Å². The van der Waals surface area contributed by atoms with Crippen molar-refractivity contribution in [1.29, 1.82) is 0 Å². The third-order valence-electron chi connectivity index (χ3n) is 5.88. The standard InChI is InChI=1S/C22H23N3O4S/c1-28-17-7-3-2-6-15(17)21(26)24-9-8-16-18(12-24)30-20-19(16)22(27)25(13-23-20)11-14-5-4-10-29-14/h2-3,6-7,13-14H,4-5,8-12H2,1H3. The Morgan fingerprint density at radius 2 is 2.23 bits per heavy atom. The molecule has 1 unspecified atom stereocenters. The van der Waals surface area contributed by atoms with Crippen LogP contribution in [0.1, 0.15) is 33.6 Å². The van der Waals surface area contributed by atoms with E-state index in [0.29, 0.717) is 42.8 Å². The van der Waals surface area contributed by atoms with Gasteiger partial charge in [0.05, 0.1) is 43.6 Å². The summed E-state index contributed by atoms with van der Waals surface area (Å²) in [5.74, 6) is 0.516. The van der Waals surface area contributed by atoms with Crippen LogP contribution in [0.4, 0.5) is 0 Å². The number of amides is 1. The van der Waals surface area contributed by atoms with E-state index >= 15 is 0 Å². The number of hydrogen-bond acceptors (Lipinski definition) is 6. The van der Waals surface area contributed by atoms with Crippen LogP contribution in [0.25, 0.3) is 10.2 Å². The van der Waals surface area contributed by atoms with Crippen molar-refractivity contribution >= 4 is 27.5 Å². The van der Waals surface area contributed by atoms with E-state index < -0.39 is 0 Å². The van der Waals surface area contributed by atoms with Crippen molar-refractivity contribution in [3.8, 4) is 5.75 Å². The molecule has 2 aliphatic heterocycles. The van der Waals surface area contributed by atoms with E-state index in [1.54, 1.807) is 30.1 Å². The van der Waals surface area contributed by atoms with E-state index in [0.717, 1.165) is 34.7 Å². The molecule has 0 bridgehead atoms. The van der Waals surface area contributed by atoms with Gasteiger partial charge in [-0.05, 0) is 37.0 Å². The zero-order chi connectivity index (χ0) is 20.7. The number of rotatable bonds is 4. The van der Waals surface area contributed by atoms with Crippen molar-refractivity contribution in [3.05, 3.63) is 57.0 Å². The lowest BCUT2D eigenvalue weighted by molar-refractivity contribution is 0.0734. The third-order valence-corrected chi connectivity index (χ3v) is 7.00. The molecule has 0 saturated carbocycles. The first-order valence-corrected chi connectivity index (χ1v) is 11.0. The Morgan fingerprint density at radius 3 is 3.03 bits per heavy atom. The Bertz CT molecular complexity index is 1160. The number of para-hydroxylation sites is 1. The van der Waals surface area contributed by atoms with Gasteiger partial charge in [0, 0.05) is 18.0 Å². The van der Waals surface area contributed by atoms with Crippen molar-refractivity contribution in [2.45, 2.75) is 38.5 Å². The Balaban J connectivity index is 1.44. The predicted molar refractivity (Wildman–Crippen MR) is 114 cm³/mol. The summed E-state index contributed by atoms with van der Waals surface area (Å²) in [7, 11) is 1.57. The fraction of sp³-hybridized carbons (Fsp3) is 0.409. The first-order valence-electron chi connectivity index (χ1n) is 10.2. The SMILES string of the molecule is COc1ccccc1C(=O)N1CCc2c(sc3ncn(CC4CCCO4)c(=O)c23)C1. The monoisotopic (exact) mass is 425 g/mol. The fourth-order valence-electron chi connectivity index (χ4n) is 4.32. The molecule has 3 aromatic rings. The Labute approximate surface area is 177 Å². The number of carbonyl (C=O) groups excluding carboxylic acids is 1. The Morgan fingerprint density at radius 1 is 1.37 bits per heavy atom. The van der Waals surface area contributed by atoms with Crippen molar-refractivity contribution < 1.29 is 14.3 Å². The maximum absolute atomic E-state index is 13.1. The quantitative estimate of drug-likeness (QED) is 0.643. The number of benzene rings is 1. The number of fused-ring (bicyclic) bond motifs is 3. The van der Waals surface area contributed by atoms with E-state index in [4.69, 9.17) is 9.47 Å². The van der Waals surface area contributed by atoms with Crippen LogP contribution in [0, 0.1) is 0 Å². The smallest absolute Gasteiger partial charge is 0.262 e. The zero-order valence-corrected chi connectivity index (χ0v) is 17.6. The van der Waals surface area contributed by atoms with Gasteiger partial charge in [-0.3, -0.25) is 14.2 Å². The number of nitrogens with zero attached hydrogens (tertiary/aromatic N) is 3. The second-order valence-electron chi connectivity index (χ2n) is 7.70. The molecule has 30 heavy (non-hydrogen) atoms. The Hall–Kier alpha value is -2.71. The number of hydrogen-bond donors (Lipinski definition) is 0. The predicted octanol–water partition coefficient (Wildman–Crippen LogP) is 2.84. The maximum atomic E-state index is 13.1. The molecule has 4 heterocycles. The second-order valence-corrected chi connectivity index (χ2v) is 8.78. The van der Waals surface area contributed by atoms with Gasteiger partial charge in [0.25, 0.3) is 11.5 Å². The minimum atomic E-state index is -0.0562. The lowest BCUT2D eigenvalue weighted by Gasteiger charge is -2.27. The molecular weight excluding hydrogens is 402 g/mol. The molecule has 0 aliphatic carbocycles. The van der Waals surface area contributed by atoms with Crippen LogP contribution >= 0.6 is 11.3 Å². The van der Waals surface area contributed by atoms with Crippen LogP contribution in [0.5, 0.6) is 5.75 Å². The highest BCUT2D eigenvalue weighted by molar-refractivity contribution is 7.18. The van der Waals surface area contributed by atoms with E-state index in [1.165, 1.54) is 11.3 Å². The summed E-state index contributed by atoms with van der Waals surface area (Å²) in [5, 5.41) is 0.708. The molecule has 1 saturated heterocycles. The maximum Gasteiger partial charge on any atom is 0.262 e. The normalized spacial score (nSPS) is 18.6. The van der Waals surface area contributed by atoms with Gasteiger partial charge in [-0.2, -0.15) is 0 Å². The Kier molecular flexibility index (Phi) is 5.04. The first-order chi connectivity index (χ1) is 14.7. The van der Waals surface area contributed by atoms with Crippen LogP contribution in [0.3, 0.4) is 0 Å². The van der Waals surface area contributed by atoms with Crippen molar-refractivity contribution in [3.63, 3.8) is 0 Å². The number of aromatic nitrogens is 2. The summed E-state index contributed by atoms with van der Waals surface area (Å²) >= 11 is 1.51. The van der Waals surface area contributed by atoms with Crippen molar-refractivity contribution in [1.82, 2.24) is 14.5 Å². The highest BCUT2D eigenvalue weighted by Crippen LogP contribution is 2.33. The highest BCUT2D eigenvalue weighted by Gasteiger charge is 2.28. The van der Waals surface area contributed by atoms with E-state index in [-0.39, 0.29) is 17.6 Å².